The molecule has 1 atom stereocenters. The number of furan rings is 1. The average Bonchev–Trinajstić information content (AvgIpc) is 3.42. The monoisotopic (exact) mass is 427 g/mol. The van der Waals surface area contributed by atoms with E-state index in [4.69, 9.17) is 4.42 Å². The molecule has 0 bridgehead atoms. The average molecular weight is 427 g/mol. The second-order valence-corrected chi connectivity index (χ2v) is 7.49. The standard InChI is InChI=1S/C24H21N5O3/c1-14-9-10-17(32-14)13-26-22(30)18-7-4-8-19-21(18)28-24(27-19)29-23(31)20-11-15-5-2-3-6-16(15)12-25-20/h2-12,23,31H,13H2,1H3,(H,26,30)(H2,27,28,29). The number of aromatic amines is 1. The lowest BCUT2D eigenvalue weighted by Gasteiger charge is -2.12. The van der Waals surface area contributed by atoms with Crippen molar-refractivity contribution in [2.45, 2.75) is 19.7 Å². The van der Waals surface area contributed by atoms with Crippen molar-refractivity contribution < 1.29 is 14.3 Å². The number of aromatic nitrogens is 3. The Balaban J connectivity index is 1.35. The van der Waals surface area contributed by atoms with Crippen LogP contribution in [-0.4, -0.2) is 26.0 Å². The number of fused-ring (bicyclic) bond motifs is 2. The lowest BCUT2D eigenvalue weighted by Crippen LogP contribution is -2.22. The van der Waals surface area contributed by atoms with E-state index >= 15 is 0 Å². The Hall–Kier alpha value is -4.17. The van der Waals surface area contributed by atoms with Gasteiger partial charge in [-0.25, -0.2) is 4.98 Å². The predicted octanol–water partition coefficient (Wildman–Crippen LogP) is 4.05. The number of nitrogens with zero attached hydrogens (tertiary/aromatic N) is 2. The molecule has 3 heterocycles. The number of carbonyl (C=O) groups is 1. The van der Waals surface area contributed by atoms with Crippen molar-refractivity contribution in [3.8, 4) is 0 Å². The van der Waals surface area contributed by atoms with Gasteiger partial charge < -0.3 is 25.1 Å². The molecule has 0 spiro atoms. The fourth-order valence-corrected chi connectivity index (χ4v) is 3.58. The van der Waals surface area contributed by atoms with Crippen molar-refractivity contribution in [3.05, 3.63) is 89.6 Å². The van der Waals surface area contributed by atoms with Crippen LogP contribution in [-0.2, 0) is 6.54 Å². The number of H-pyrrole nitrogens is 1. The zero-order valence-corrected chi connectivity index (χ0v) is 17.3. The Kier molecular flexibility index (Phi) is 5.04. The molecule has 2 aromatic carbocycles. The molecule has 1 amide bonds. The molecular formula is C24H21N5O3. The minimum Gasteiger partial charge on any atom is -0.465 e. The van der Waals surface area contributed by atoms with Gasteiger partial charge in [0.2, 0.25) is 5.95 Å². The summed E-state index contributed by atoms with van der Waals surface area (Å²) in [6.07, 6.45) is 0.650. The highest BCUT2D eigenvalue weighted by Crippen LogP contribution is 2.23. The molecule has 0 fully saturated rings. The van der Waals surface area contributed by atoms with E-state index in [1.165, 1.54) is 0 Å². The molecule has 8 nitrogen and oxygen atoms in total. The Bertz CT molecular complexity index is 1420. The van der Waals surface area contributed by atoms with Gasteiger partial charge in [0.1, 0.15) is 17.0 Å². The lowest BCUT2D eigenvalue weighted by molar-refractivity contribution is 0.0949. The molecular weight excluding hydrogens is 406 g/mol. The first-order valence-electron chi connectivity index (χ1n) is 10.2. The number of amides is 1. The zero-order chi connectivity index (χ0) is 22.1. The lowest BCUT2D eigenvalue weighted by atomic mass is 10.1. The van der Waals surface area contributed by atoms with Gasteiger partial charge in [0, 0.05) is 11.6 Å². The van der Waals surface area contributed by atoms with Crippen molar-refractivity contribution in [1.82, 2.24) is 20.3 Å². The number of benzene rings is 2. The SMILES string of the molecule is Cc1ccc(CNC(=O)c2cccc3[nH]c(NC(O)c4cc5ccccc5cn4)nc23)o1. The number of aliphatic hydroxyl groups is 1. The van der Waals surface area contributed by atoms with Crippen LogP contribution < -0.4 is 10.6 Å². The highest BCUT2D eigenvalue weighted by molar-refractivity contribution is 6.05. The van der Waals surface area contributed by atoms with Gasteiger partial charge in [-0.3, -0.25) is 9.78 Å². The second-order valence-electron chi connectivity index (χ2n) is 7.49. The number of para-hydroxylation sites is 1. The van der Waals surface area contributed by atoms with Crippen LogP contribution in [0.3, 0.4) is 0 Å². The summed E-state index contributed by atoms with van der Waals surface area (Å²) in [6, 6.07) is 18.6. The van der Waals surface area contributed by atoms with E-state index in [1.54, 1.807) is 18.3 Å². The molecule has 8 heteroatoms. The van der Waals surface area contributed by atoms with E-state index in [-0.39, 0.29) is 12.5 Å². The van der Waals surface area contributed by atoms with E-state index in [0.29, 0.717) is 34.0 Å². The van der Waals surface area contributed by atoms with Crippen molar-refractivity contribution in [2.75, 3.05) is 5.32 Å². The molecule has 0 aliphatic carbocycles. The quantitative estimate of drug-likeness (QED) is 0.304. The van der Waals surface area contributed by atoms with Crippen LogP contribution in [0, 0.1) is 6.92 Å². The molecule has 5 rings (SSSR count). The molecule has 1 unspecified atom stereocenters. The van der Waals surface area contributed by atoms with E-state index in [9.17, 15) is 9.90 Å². The van der Waals surface area contributed by atoms with Crippen molar-refractivity contribution in [2.24, 2.45) is 0 Å². The van der Waals surface area contributed by atoms with Gasteiger partial charge in [0.25, 0.3) is 5.91 Å². The summed E-state index contributed by atoms with van der Waals surface area (Å²) < 4.78 is 5.49. The van der Waals surface area contributed by atoms with Crippen molar-refractivity contribution in [3.63, 3.8) is 0 Å². The van der Waals surface area contributed by atoms with Gasteiger partial charge in [0.05, 0.1) is 23.3 Å². The highest BCUT2D eigenvalue weighted by Gasteiger charge is 2.16. The van der Waals surface area contributed by atoms with Crippen LogP contribution in [0.4, 0.5) is 5.95 Å². The first-order valence-corrected chi connectivity index (χ1v) is 10.2. The molecule has 0 aliphatic rings. The fraction of sp³-hybridized carbons (Fsp3) is 0.125. The first kappa shape index (κ1) is 19.8. The van der Waals surface area contributed by atoms with Crippen LogP contribution in [0.5, 0.6) is 0 Å². The Morgan fingerprint density at radius 2 is 1.97 bits per heavy atom. The summed E-state index contributed by atoms with van der Waals surface area (Å²) in [6.45, 7) is 2.14. The molecule has 160 valence electrons. The van der Waals surface area contributed by atoms with Gasteiger partial charge in [-0.2, -0.15) is 0 Å². The normalized spacial score (nSPS) is 12.2. The number of hydrogen-bond donors (Lipinski definition) is 4. The van der Waals surface area contributed by atoms with Crippen LogP contribution in [0.1, 0.15) is 33.8 Å². The minimum absolute atomic E-state index is 0.264. The maximum Gasteiger partial charge on any atom is 0.253 e. The third kappa shape index (κ3) is 3.91. The third-order valence-electron chi connectivity index (χ3n) is 5.18. The highest BCUT2D eigenvalue weighted by atomic mass is 16.3. The van der Waals surface area contributed by atoms with Gasteiger partial charge >= 0.3 is 0 Å². The third-order valence-corrected chi connectivity index (χ3v) is 5.18. The number of pyridine rings is 1. The number of hydrogen-bond acceptors (Lipinski definition) is 6. The number of anilines is 1. The smallest absolute Gasteiger partial charge is 0.253 e. The van der Waals surface area contributed by atoms with Crippen LogP contribution in [0.15, 0.2) is 71.3 Å². The zero-order valence-electron chi connectivity index (χ0n) is 17.3. The number of aliphatic hydroxyl groups excluding tert-OH is 1. The second kappa shape index (κ2) is 8.16. The summed E-state index contributed by atoms with van der Waals surface area (Å²) in [7, 11) is 0. The maximum atomic E-state index is 12.7. The summed E-state index contributed by atoms with van der Waals surface area (Å²) in [5.41, 5.74) is 2.07. The molecule has 32 heavy (non-hydrogen) atoms. The molecule has 0 saturated heterocycles. The largest absolute Gasteiger partial charge is 0.465 e. The molecule has 4 N–H and O–H groups in total. The van der Waals surface area contributed by atoms with Crippen molar-refractivity contribution in [1.29, 1.82) is 0 Å². The van der Waals surface area contributed by atoms with Crippen LogP contribution >= 0.6 is 0 Å². The first-order chi connectivity index (χ1) is 15.6. The number of carbonyl (C=O) groups excluding carboxylic acids is 1. The van der Waals surface area contributed by atoms with Crippen LogP contribution in [0.25, 0.3) is 21.8 Å². The van der Waals surface area contributed by atoms with Gasteiger partial charge in [-0.1, -0.05) is 30.3 Å². The number of rotatable bonds is 6. The maximum absolute atomic E-state index is 12.7. The molecule has 3 aromatic heterocycles. The predicted molar refractivity (Wildman–Crippen MR) is 121 cm³/mol. The van der Waals surface area contributed by atoms with Gasteiger partial charge in [0.15, 0.2) is 6.23 Å². The number of imidazole rings is 1. The summed E-state index contributed by atoms with van der Waals surface area (Å²) in [4.78, 5) is 24.6. The van der Waals surface area contributed by atoms with E-state index in [1.807, 2.05) is 55.5 Å². The van der Waals surface area contributed by atoms with E-state index in [0.717, 1.165) is 16.5 Å². The topological polar surface area (TPSA) is 116 Å². The van der Waals surface area contributed by atoms with E-state index < -0.39 is 6.23 Å². The Morgan fingerprint density at radius 3 is 2.78 bits per heavy atom. The number of aryl methyl sites for hydroxylation is 1. The molecule has 5 aromatic rings. The summed E-state index contributed by atoms with van der Waals surface area (Å²) in [5, 5.41) is 18.4. The number of nitrogens with one attached hydrogen (secondary N) is 3. The van der Waals surface area contributed by atoms with Gasteiger partial charge in [-0.05, 0) is 42.6 Å². The molecule has 0 radical (unpaired) electrons. The van der Waals surface area contributed by atoms with Crippen molar-refractivity contribution >= 4 is 33.7 Å². The Labute approximate surface area is 183 Å². The van der Waals surface area contributed by atoms with Gasteiger partial charge in [-0.15, -0.1) is 0 Å². The molecule has 0 saturated carbocycles. The Morgan fingerprint density at radius 1 is 1.12 bits per heavy atom. The summed E-state index contributed by atoms with van der Waals surface area (Å²) in [5.74, 6) is 1.54. The van der Waals surface area contributed by atoms with Crippen LogP contribution in [0.2, 0.25) is 0 Å². The van der Waals surface area contributed by atoms with E-state index in [2.05, 4.69) is 25.6 Å². The minimum atomic E-state index is -1.07. The summed E-state index contributed by atoms with van der Waals surface area (Å²) >= 11 is 0. The fourth-order valence-electron chi connectivity index (χ4n) is 3.58. The molecule has 0 aliphatic heterocycles.